The van der Waals surface area contributed by atoms with Crippen molar-refractivity contribution in [3.8, 4) is 0 Å². The molecular formula is C14H14. The molecule has 0 aliphatic rings. The highest BCUT2D eigenvalue weighted by molar-refractivity contribution is 5.82. The van der Waals surface area contributed by atoms with Gasteiger partial charge in [-0.1, -0.05) is 51.1 Å². The topological polar surface area (TPSA) is 0 Å². The molecule has 0 unspecified atom stereocenters. The van der Waals surface area contributed by atoms with Crippen LogP contribution < -0.4 is 0 Å². The Morgan fingerprint density at radius 3 is 2.50 bits per heavy atom. The summed E-state index contributed by atoms with van der Waals surface area (Å²) in [5.74, 6) is 0. The normalized spacial score (nSPS) is 11.9. The Bertz CT molecular complexity index is 447. The second kappa shape index (κ2) is 3.13. The molecule has 2 aromatic carbocycles. The van der Waals surface area contributed by atoms with Crippen molar-refractivity contribution in [3.05, 3.63) is 48.0 Å². The third-order valence-corrected chi connectivity index (χ3v) is 2.38. The van der Waals surface area contributed by atoms with Crippen LogP contribution in [0.25, 0.3) is 10.8 Å². The number of fused-ring (bicyclic) bond motifs is 1. The van der Waals surface area contributed by atoms with E-state index in [9.17, 15) is 0 Å². The first-order chi connectivity index (χ1) is 6.57. The van der Waals surface area contributed by atoms with E-state index in [1.165, 1.54) is 5.56 Å². The lowest BCUT2D eigenvalue weighted by Gasteiger charge is -2.18. The number of benzene rings is 2. The number of hydrogen-bond acceptors (Lipinski definition) is 0. The highest BCUT2D eigenvalue weighted by Crippen LogP contribution is 2.24. The van der Waals surface area contributed by atoms with Crippen LogP contribution >= 0.6 is 0 Å². The van der Waals surface area contributed by atoms with Crippen LogP contribution in [0.15, 0.2) is 30.3 Å². The van der Waals surface area contributed by atoms with Crippen molar-refractivity contribution >= 4 is 10.8 Å². The summed E-state index contributed by atoms with van der Waals surface area (Å²) in [5.41, 5.74) is 1.42. The minimum Gasteiger partial charge on any atom is -0.0610 e. The van der Waals surface area contributed by atoms with Gasteiger partial charge < -0.3 is 0 Å². The summed E-state index contributed by atoms with van der Waals surface area (Å²) in [6.07, 6.45) is 0. The van der Waals surface area contributed by atoms with E-state index in [0.717, 1.165) is 10.8 Å². The molecule has 70 valence electrons. The molecule has 0 N–H and O–H groups in total. The third-order valence-electron chi connectivity index (χ3n) is 2.38. The molecule has 0 atom stereocenters. The second-order valence-corrected chi connectivity index (χ2v) is 4.62. The molecule has 0 bridgehead atoms. The fraction of sp³-hybridized carbons (Fsp3) is 0.286. The second-order valence-electron chi connectivity index (χ2n) is 4.62. The maximum absolute atomic E-state index is 3.44. The van der Waals surface area contributed by atoms with Crippen molar-refractivity contribution in [2.24, 2.45) is 0 Å². The molecule has 0 amide bonds. The molecule has 0 saturated carbocycles. The highest BCUT2D eigenvalue weighted by atomic mass is 14.2. The van der Waals surface area contributed by atoms with Crippen molar-refractivity contribution in [2.75, 3.05) is 0 Å². The lowest BCUT2D eigenvalue weighted by molar-refractivity contribution is 0.590. The van der Waals surface area contributed by atoms with Gasteiger partial charge in [0.25, 0.3) is 0 Å². The van der Waals surface area contributed by atoms with Gasteiger partial charge in [-0.2, -0.15) is 0 Å². The third kappa shape index (κ3) is 1.65. The van der Waals surface area contributed by atoms with E-state index in [2.05, 4.69) is 51.1 Å². The first-order valence-electron chi connectivity index (χ1n) is 4.90. The summed E-state index contributed by atoms with van der Waals surface area (Å²) in [5, 5.41) is 2.29. The number of rotatable bonds is 0. The van der Waals surface area contributed by atoms with Gasteiger partial charge in [-0.3, -0.25) is 0 Å². The van der Waals surface area contributed by atoms with Gasteiger partial charge in [-0.25, -0.2) is 0 Å². The van der Waals surface area contributed by atoms with Crippen LogP contribution in [0.2, 0.25) is 0 Å². The molecule has 0 spiro atoms. The summed E-state index contributed by atoms with van der Waals surface area (Å²) in [7, 11) is 0. The number of hydrogen-bond donors (Lipinski definition) is 0. The highest BCUT2D eigenvalue weighted by Gasteiger charge is 2.13. The van der Waals surface area contributed by atoms with E-state index >= 15 is 0 Å². The van der Waals surface area contributed by atoms with E-state index in [1.54, 1.807) is 0 Å². The zero-order valence-corrected chi connectivity index (χ0v) is 8.89. The van der Waals surface area contributed by atoms with Crippen LogP contribution in [0.3, 0.4) is 0 Å². The molecule has 0 saturated heterocycles. The Labute approximate surface area is 85.6 Å². The molecule has 0 nitrogen and oxygen atoms in total. The Balaban J connectivity index is 2.63. The van der Waals surface area contributed by atoms with Gasteiger partial charge in [0.1, 0.15) is 0 Å². The van der Waals surface area contributed by atoms with Crippen molar-refractivity contribution in [1.29, 1.82) is 0 Å². The summed E-state index contributed by atoms with van der Waals surface area (Å²) in [6.45, 7) is 6.62. The van der Waals surface area contributed by atoms with Crippen molar-refractivity contribution in [3.63, 3.8) is 0 Å². The van der Waals surface area contributed by atoms with E-state index < -0.39 is 0 Å². The van der Waals surface area contributed by atoms with E-state index in [4.69, 9.17) is 0 Å². The predicted octanol–water partition coefficient (Wildman–Crippen LogP) is 3.74. The lowest BCUT2D eigenvalue weighted by atomic mass is 9.86. The van der Waals surface area contributed by atoms with Gasteiger partial charge in [-0.15, -0.1) is 0 Å². The maximum Gasteiger partial charge on any atom is -0.00585 e. The Morgan fingerprint density at radius 1 is 1.00 bits per heavy atom. The van der Waals surface area contributed by atoms with Gasteiger partial charge in [0, 0.05) is 0 Å². The average molecular weight is 182 g/mol. The Kier molecular flexibility index (Phi) is 2.07. The van der Waals surface area contributed by atoms with Crippen LogP contribution in [0.4, 0.5) is 0 Å². The molecule has 0 aromatic heterocycles. The molecule has 0 fully saturated rings. The Morgan fingerprint density at radius 2 is 1.79 bits per heavy atom. The van der Waals surface area contributed by atoms with Crippen LogP contribution in [0.5, 0.6) is 0 Å². The first kappa shape index (κ1) is 9.26. The van der Waals surface area contributed by atoms with Gasteiger partial charge in [0.15, 0.2) is 0 Å². The molecule has 2 rings (SSSR count). The lowest BCUT2D eigenvalue weighted by Crippen LogP contribution is -2.10. The molecular weight excluding hydrogens is 168 g/mol. The van der Waals surface area contributed by atoms with E-state index in [1.807, 2.05) is 12.1 Å². The van der Waals surface area contributed by atoms with Crippen molar-refractivity contribution < 1.29 is 0 Å². The van der Waals surface area contributed by atoms with Gasteiger partial charge in [0.2, 0.25) is 0 Å². The zero-order valence-electron chi connectivity index (χ0n) is 8.89. The minimum atomic E-state index is 0.171. The molecule has 0 heterocycles. The largest absolute Gasteiger partial charge is 0.0610 e. The van der Waals surface area contributed by atoms with Gasteiger partial charge >= 0.3 is 0 Å². The minimum absolute atomic E-state index is 0.171. The standard InChI is InChI=1S/C14H14/c1-14(2,3)13-9-8-11-6-4-5-7-12(11)10-13/h4-5,7-9H,1-3H3. The SMILES string of the molecule is CC(C)(C)c1[c]c2ccc[c]c2cc1. The summed E-state index contributed by atoms with van der Waals surface area (Å²) in [6, 6.07) is 16.9. The van der Waals surface area contributed by atoms with Gasteiger partial charge in [0.05, 0.1) is 0 Å². The Hall–Kier alpha value is -1.30. The quantitative estimate of drug-likeness (QED) is 0.582. The fourth-order valence-corrected chi connectivity index (χ4v) is 1.49. The summed E-state index contributed by atoms with van der Waals surface area (Å²) in [4.78, 5) is 0. The van der Waals surface area contributed by atoms with Crippen LogP contribution in [0, 0.1) is 12.1 Å². The first-order valence-corrected chi connectivity index (χ1v) is 4.90. The van der Waals surface area contributed by atoms with E-state index in [-0.39, 0.29) is 5.41 Å². The van der Waals surface area contributed by atoms with Crippen LogP contribution in [-0.2, 0) is 5.41 Å². The molecule has 0 aliphatic heterocycles. The molecule has 0 aliphatic carbocycles. The van der Waals surface area contributed by atoms with E-state index in [0.29, 0.717) is 0 Å². The zero-order chi connectivity index (χ0) is 10.2. The summed E-state index contributed by atoms with van der Waals surface area (Å²) < 4.78 is 0. The van der Waals surface area contributed by atoms with Crippen molar-refractivity contribution in [2.45, 2.75) is 26.2 Å². The average Bonchev–Trinajstić information content (AvgIpc) is 2.16. The smallest absolute Gasteiger partial charge is 0.00585 e. The molecule has 0 heteroatoms. The monoisotopic (exact) mass is 182 g/mol. The maximum atomic E-state index is 3.44. The molecule has 2 radical (unpaired) electrons. The summed E-state index contributed by atoms with van der Waals surface area (Å²) >= 11 is 0. The van der Waals surface area contributed by atoms with Crippen molar-refractivity contribution in [1.82, 2.24) is 0 Å². The molecule has 14 heavy (non-hydrogen) atoms. The molecule has 2 aromatic rings. The van der Waals surface area contributed by atoms with Gasteiger partial charge in [-0.05, 0) is 33.9 Å². The predicted molar refractivity (Wildman–Crippen MR) is 60.3 cm³/mol. The fourth-order valence-electron chi connectivity index (χ4n) is 1.49. The van der Waals surface area contributed by atoms with Crippen LogP contribution in [-0.4, -0.2) is 0 Å². The van der Waals surface area contributed by atoms with Crippen LogP contribution in [0.1, 0.15) is 26.3 Å².